The van der Waals surface area contributed by atoms with E-state index in [1.807, 2.05) is 0 Å². The molecular weight excluding hydrogens is 384 g/mol. The summed E-state index contributed by atoms with van der Waals surface area (Å²) in [7, 11) is -0.694. The summed E-state index contributed by atoms with van der Waals surface area (Å²) in [6, 6.07) is 11.0. The molecule has 0 unspecified atom stereocenters. The fourth-order valence-corrected chi connectivity index (χ4v) is 4.25. The molecule has 2 aromatic rings. The quantitative estimate of drug-likeness (QED) is 0.788. The van der Waals surface area contributed by atoms with Gasteiger partial charge < -0.3 is 19.5 Å². The molecule has 1 N–H and O–H groups in total. The summed E-state index contributed by atoms with van der Waals surface area (Å²) >= 11 is 0. The molecule has 0 saturated carbocycles. The number of ether oxygens (including phenoxy) is 3. The van der Waals surface area contributed by atoms with Crippen LogP contribution in [0.15, 0.2) is 47.4 Å². The third-order valence-corrected chi connectivity index (χ3v) is 6.27. The zero-order chi connectivity index (χ0) is 20.1. The van der Waals surface area contributed by atoms with Gasteiger partial charge in [-0.25, -0.2) is 8.42 Å². The van der Waals surface area contributed by atoms with Gasteiger partial charge in [-0.2, -0.15) is 4.31 Å². The molecule has 150 valence electrons. The van der Waals surface area contributed by atoms with Crippen LogP contribution in [0.3, 0.4) is 0 Å². The van der Waals surface area contributed by atoms with Crippen molar-refractivity contribution in [1.82, 2.24) is 4.31 Å². The molecule has 1 aliphatic heterocycles. The lowest BCUT2D eigenvalue weighted by atomic mass is 10.2. The first-order valence-electron chi connectivity index (χ1n) is 8.67. The molecule has 2 aromatic carbocycles. The number of anilines is 1. The average molecular weight is 406 g/mol. The van der Waals surface area contributed by atoms with E-state index >= 15 is 0 Å². The molecule has 8 nitrogen and oxygen atoms in total. The van der Waals surface area contributed by atoms with Crippen LogP contribution in [0, 0.1) is 0 Å². The van der Waals surface area contributed by atoms with Crippen LogP contribution in [0.4, 0.5) is 5.69 Å². The molecule has 0 atom stereocenters. The molecule has 0 spiro atoms. The van der Waals surface area contributed by atoms with Gasteiger partial charge in [0.2, 0.25) is 10.0 Å². The summed E-state index contributed by atoms with van der Waals surface area (Å²) < 4.78 is 42.7. The Morgan fingerprint density at radius 3 is 2.32 bits per heavy atom. The maximum absolute atomic E-state index is 12.9. The fraction of sp³-hybridized carbons (Fsp3) is 0.316. The van der Waals surface area contributed by atoms with Crippen molar-refractivity contribution in [2.75, 3.05) is 45.8 Å². The normalized spacial score (nSPS) is 15.1. The number of sulfonamides is 1. The predicted molar refractivity (Wildman–Crippen MR) is 104 cm³/mol. The minimum atomic E-state index is -3.69. The lowest BCUT2D eigenvalue weighted by Crippen LogP contribution is -2.40. The molecule has 3 rings (SSSR count). The summed E-state index contributed by atoms with van der Waals surface area (Å²) in [6.07, 6.45) is 0. The SMILES string of the molecule is COc1ccc(C(=O)Nc2cc(S(=O)(=O)N3CCOCC3)ccc2OC)cc1. The van der Waals surface area contributed by atoms with E-state index in [9.17, 15) is 13.2 Å². The van der Waals surface area contributed by atoms with Gasteiger partial charge in [-0.1, -0.05) is 0 Å². The van der Waals surface area contributed by atoms with Crippen molar-refractivity contribution >= 4 is 21.6 Å². The molecule has 1 fully saturated rings. The largest absolute Gasteiger partial charge is 0.497 e. The first-order valence-corrected chi connectivity index (χ1v) is 10.1. The number of hydrogen-bond acceptors (Lipinski definition) is 6. The van der Waals surface area contributed by atoms with E-state index in [4.69, 9.17) is 14.2 Å². The number of benzene rings is 2. The van der Waals surface area contributed by atoms with Gasteiger partial charge in [0.25, 0.3) is 5.91 Å². The second kappa shape index (κ2) is 8.59. The maximum Gasteiger partial charge on any atom is 0.255 e. The molecule has 1 saturated heterocycles. The van der Waals surface area contributed by atoms with Crippen molar-refractivity contribution in [2.24, 2.45) is 0 Å². The van der Waals surface area contributed by atoms with Crippen molar-refractivity contribution in [3.8, 4) is 11.5 Å². The lowest BCUT2D eigenvalue weighted by molar-refractivity contribution is 0.0730. The average Bonchev–Trinajstić information content (AvgIpc) is 2.74. The number of nitrogens with one attached hydrogen (secondary N) is 1. The van der Waals surface area contributed by atoms with Crippen LogP contribution < -0.4 is 14.8 Å². The molecule has 1 amide bonds. The van der Waals surface area contributed by atoms with Crippen LogP contribution in [0.2, 0.25) is 0 Å². The number of amides is 1. The van der Waals surface area contributed by atoms with E-state index in [0.29, 0.717) is 43.4 Å². The number of nitrogens with zero attached hydrogens (tertiary/aromatic N) is 1. The Hall–Kier alpha value is -2.62. The first kappa shape index (κ1) is 20.1. The van der Waals surface area contributed by atoms with E-state index in [2.05, 4.69) is 5.32 Å². The Kier molecular flexibility index (Phi) is 6.18. The minimum absolute atomic E-state index is 0.0835. The smallest absolute Gasteiger partial charge is 0.255 e. The number of rotatable bonds is 6. The van der Waals surface area contributed by atoms with Gasteiger partial charge in [0.1, 0.15) is 11.5 Å². The standard InChI is InChI=1S/C19H22N2O6S/c1-25-15-5-3-14(4-6-15)19(22)20-17-13-16(7-8-18(17)26-2)28(23,24)21-9-11-27-12-10-21/h3-8,13H,9-12H2,1-2H3,(H,20,22). The van der Waals surface area contributed by atoms with Gasteiger partial charge >= 0.3 is 0 Å². The molecule has 1 aliphatic rings. The van der Waals surface area contributed by atoms with Crippen LogP contribution in [0.5, 0.6) is 11.5 Å². The van der Waals surface area contributed by atoms with Crippen molar-refractivity contribution < 1.29 is 27.4 Å². The van der Waals surface area contributed by atoms with Crippen LogP contribution in [-0.2, 0) is 14.8 Å². The first-order chi connectivity index (χ1) is 13.5. The monoisotopic (exact) mass is 406 g/mol. The van der Waals surface area contributed by atoms with Gasteiger partial charge in [0, 0.05) is 18.7 Å². The number of hydrogen-bond donors (Lipinski definition) is 1. The third-order valence-electron chi connectivity index (χ3n) is 4.38. The second-order valence-corrected chi connectivity index (χ2v) is 8.00. The van der Waals surface area contributed by atoms with E-state index in [1.54, 1.807) is 31.4 Å². The number of carbonyl (C=O) groups excluding carboxylic acids is 1. The molecule has 0 bridgehead atoms. The number of methoxy groups -OCH3 is 2. The van der Waals surface area contributed by atoms with E-state index in [1.165, 1.54) is 29.6 Å². The maximum atomic E-state index is 12.9. The van der Waals surface area contributed by atoms with Gasteiger partial charge in [0.15, 0.2) is 0 Å². The highest BCUT2D eigenvalue weighted by Gasteiger charge is 2.27. The van der Waals surface area contributed by atoms with Crippen LogP contribution in [-0.4, -0.2) is 59.2 Å². The zero-order valence-corrected chi connectivity index (χ0v) is 16.5. The summed E-state index contributed by atoms with van der Waals surface area (Å²) in [5, 5.41) is 2.72. The molecule has 28 heavy (non-hydrogen) atoms. The Balaban J connectivity index is 1.87. The lowest BCUT2D eigenvalue weighted by Gasteiger charge is -2.26. The Labute approximate surface area is 164 Å². The molecular formula is C19H22N2O6S. The van der Waals surface area contributed by atoms with E-state index < -0.39 is 10.0 Å². The molecule has 1 heterocycles. The van der Waals surface area contributed by atoms with E-state index in [0.717, 1.165) is 0 Å². The third kappa shape index (κ3) is 4.27. The van der Waals surface area contributed by atoms with Crippen molar-refractivity contribution in [3.05, 3.63) is 48.0 Å². The van der Waals surface area contributed by atoms with E-state index in [-0.39, 0.29) is 16.5 Å². The predicted octanol–water partition coefficient (Wildman–Crippen LogP) is 1.98. The van der Waals surface area contributed by atoms with Crippen LogP contribution in [0.1, 0.15) is 10.4 Å². The van der Waals surface area contributed by atoms with Crippen LogP contribution >= 0.6 is 0 Å². The second-order valence-electron chi connectivity index (χ2n) is 6.06. The summed E-state index contributed by atoms with van der Waals surface area (Å²) in [6.45, 7) is 1.30. The van der Waals surface area contributed by atoms with Crippen LogP contribution in [0.25, 0.3) is 0 Å². The Bertz CT molecular complexity index is 937. The van der Waals surface area contributed by atoms with Gasteiger partial charge in [-0.15, -0.1) is 0 Å². The molecule has 0 radical (unpaired) electrons. The highest BCUT2D eigenvalue weighted by atomic mass is 32.2. The number of morpholine rings is 1. The topological polar surface area (TPSA) is 94.2 Å². The molecule has 0 aromatic heterocycles. The van der Waals surface area contributed by atoms with Gasteiger partial charge in [-0.3, -0.25) is 4.79 Å². The minimum Gasteiger partial charge on any atom is -0.497 e. The number of carbonyl (C=O) groups is 1. The van der Waals surface area contributed by atoms with Crippen molar-refractivity contribution in [3.63, 3.8) is 0 Å². The highest BCUT2D eigenvalue weighted by Crippen LogP contribution is 2.29. The zero-order valence-electron chi connectivity index (χ0n) is 15.7. The van der Waals surface area contributed by atoms with Crippen molar-refractivity contribution in [2.45, 2.75) is 4.90 Å². The Morgan fingerprint density at radius 2 is 1.71 bits per heavy atom. The molecule has 9 heteroatoms. The molecule has 0 aliphatic carbocycles. The summed E-state index contributed by atoms with van der Waals surface area (Å²) in [5.41, 5.74) is 0.682. The highest BCUT2D eigenvalue weighted by molar-refractivity contribution is 7.89. The van der Waals surface area contributed by atoms with Gasteiger partial charge in [0.05, 0.1) is 38.0 Å². The Morgan fingerprint density at radius 1 is 1.04 bits per heavy atom. The summed E-state index contributed by atoms with van der Waals surface area (Å²) in [4.78, 5) is 12.6. The fourth-order valence-electron chi connectivity index (χ4n) is 2.82. The van der Waals surface area contributed by atoms with Gasteiger partial charge in [-0.05, 0) is 42.5 Å². The summed E-state index contributed by atoms with van der Waals surface area (Å²) in [5.74, 6) is 0.609. The van der Waals surface area contributed by atoms with Crippen molar-refractivity contribution in [1.29, 1.82) is 0 Å².